The summed E-state index contributed by atoms with van der Waals surface area (Å²) in [6, 6.07) is 5.36. The van der Waals surface area contributed by atoms with E-state index in [-0.39, 0.29) is 71.7 Å². The molecule has 0 heterocycles. The molecule has 0 spiro atoms. The molecule has 0 unspecified atom stereocenters. The van der Waals surface area contributed by atoms with Crippen molar-refractivity contribution >= 4 is 37.7 Å². The number of aryl methyl sites for hydroxylation is 2. The van der Waals surface area contributed by atoms with Gasteiger partial charge in [-0.3, -0.25) is 0 Å². The van der Waals surface area contributed by atoms with Crippen LogP contribution in [0.25, 0.3) is 0 Å². The molecule has 0 fully saturated rings. The van der Waals surface area contributed by atoms with E-state index in [1.54, 1.807) is 12.1 Å². The average molecular weight is 322 g/mol. The molecule has 0 radical (unpaired) electrons. The van der Waals surface area contributed by atoms with E-state index in [2.05, 4.69) is 0 Å². The van der Waals surface area contributed by atoms with Crippen molar-refractivity contribution in [1.82, 2.24) is 0 Å². The summed E-state index contributed by atoms with van der Waals surface area (Å²) >= 11 is 0. The van der Waals surface area contributed by atoms with Crippen LogP contribution in [-0.4, -0.2) is 42.8 Å². The SMILES string of the molecule is Cc1ccc(O)cc1C.[Br-].[Br-].[Ca+2]. The molecule has 12 heavy (non-hydrogen) atoms. The minimum absolute atomic E-state index is 0. The van der Waals surface area contributed by atoms with E-state index in [0.717, 1.165) is 5.56 Å². The summed E-state index contributed by atoms with van der Waals surface area (Å²) in [5.41, 5.74) is 2.35. The van der Waals surface area contributed by atoms with E-state index >= 15 is 0 Å². The molecule has 1 N–H and O–H groups in total. The third kappa shape index (κ3) is 5.81. The van der Waals surface area contributed by atoms with Crippen LogP contribution < -0.4 is 34.0 Å². The van der Waals surface area contributed by atoms with Crippen molar-refractivity contribution in [1.29, 1.82) is 0 Å². The van der Waals surface area contributed by atoms with E-state index in [1.807, 2.05) is 19.9 Å². The van der Waals surface area contributed by atoms with E-state index in [4.69, 9.17) is 5.11 Å². The van der Waals surface area contributed by atoms with Gasteiger partial charge in [-0.1, -0.05) is 6.07 Å². The minimum Gasteiger partial charge on any atom is -1.00 e. The van der Waals surface area contributed by atoms with E-state index in [1.165, 1.54) is 5.56 Å². The number of aromatic hydroxyl groups is 1. The minimum atomic E-state index is 0. The maximum Gasteiger partial charge on any atom is 2.00 e. The van der Waals surface area contributed by atoms with E-state index < -0.39 is 0 Å². The topological polar surface area (TPSA) is 20.2 Å². The van der Waals surface area contributed by atoms with Gasteiger partial charge in [-0.2, -0.15) is 0 Å². The summed E-state index contributed by atoms with van der Waals surface area (Å²) < 4.78 is 0. The van der Waals surface area contributed by atoms with Crippen molar-refractivity contribution in [2.75, 3.05) is 0 Å². The maximum atomic E-state index is 8.94. The number of hydrogen-bond donors (Lipinski definition) is 1. The summed E-state index contributed by atoms with van der Waals surface area (Å²) in [6.45, 7) is 4.00. The molecule has 0 bridgehead atoms. The fourth-order valence-electron chi connectivity index (χ4n) is 0.726. The van der Waals surface area contributed by atoms with Gasteiger partial charge in [-0.15, -0.1) is 0 Å². The van der Waals surface area contributed by atoms with Crippen LogP contribution in [0.1, 0.15) is 11.1 Å². The largest absolute Gasteiger partial charge is 2.00 e. The monoisotopic (exact) mass is 320 g/mol. The van der Waals surface area contributed by atoms with Crippen molar-refractivity contribution in [3.63, 3.8) is 0 Å². The fraction of sp³-hybridized carbons (Fsp3) is 0.250. The molecule has 1 nitrogen and oxygen atoms in total. The number of halogens is 2. The van der Waals surface area contributed by atoms with E-state index in [9.17, 15) is 0 Å². The summed E-state index contributed by atoms with van der Waals surface area (Å²) in [5, 5.41) is 8.94. The summed E-state index contributed by atoms with van der Waals surface area (Å²) in [6.07, 6.45) is 0. The molecule has 1 aromatic rings. The van der Waals surface area contributed by atoms with Gasteiger partial charge in [0.2, 0.25) is 0 Å². The molecular weight excluding hydrogens is 312 g/mol. The molecule has 4 heteroatoms. The van der Waals surface area contributed by atoms with Gasteiger partial charge < -0.3 is 39.1 Å². The Hall–Kier alpha value is 1.24. The van der Waals surface area contributed by atoms with Gasteiger partial charge in [0.05, 0.1) is 0 Å². The molecule has 0 aliphatic carbocycles. The first kappa shape index (κ1) is 18.9. The standard InChI is InChI=1S/C8H10O.2BrH.Ca/c1-6-3-4-8(9)5-7(6)2;;;/h3-5,9H,1-2H3;2*1H;/q;;;+2/p-2. The third-order valence-electron chi connectivity index (χ3n) is 1.49. The molecule has 64 valence electrons. The normalized spacial score (nSPS) is 7.17. The van der Waals surface area contributed by atoms with Gasteiger partial charge in [0.1, 0.15) is 5.75 Å². The molecule has 0 saturated heterocycles. The van der Waals surface area contributed by atoms with Crippen molar-refractivity contribution in [2.24, 2.45) is 0 Å². The summed E-state index contributed by atoms with van der Waals surface area (Å²) in [5.74, 6) is 0.345. The van der Waals surface area contributed by atoms with Gasteiger partial charge in [0.25, 0.3) is 0 Å². The predicted molar refractivity (Wildman–Crippen MR) is 43.3 cm³/mol. The van der Waals surface area contributed by atoms with Gasteiger partial charge in [0.15, 0.2) is 0 Å². The van der Waals surface area contributed by atoms with E-state index in [0.29, 0.717) is 5.75 Å². The van der Waals surface area contributed by atoms with Gasteiger partial charge in [-0.05, 0) is 37.1 Å². The Kier molecular flexibility index (Phi) is 13.9. The first-order chi connectivity index (χ1) is 4.20. The first-order valence-electron chi connectivity index (χ1n) is 2.96. The predicted octanol–water partition coefficient (Wildman–Crippen LogP) is -4.36. The Morgan fingerprint density at radius 2 is 1.50 bits per heavy atom. The molecule has 0 aromatic heterocycles. The zero-order valence-corrected chi connectivity index (χ0v) is 12.5. The average Bonchev–Trinajstić information content (AvgIpc) is 1.80. The van der Waals surface area contributed by atoms with Crippen LogP contribution in [0.15, 0.2) is 18.2 Å². The van der Waals surface area contributed by atoms with Crippen LogP contribution in [-0.2, 0) is 0 Å². The number of rotatable bonds is 0. The molecule has 0 atom stereocenters. The maximum absolute atomic E-state index is 8.94. The van der Waals surface area contributed by atoms with Gasteiger partial charge >= 0.3 is 37.7 Å². The quantitative estimate of drug-likeness (QED) is 0.479. The van der Waals surface area contributed by atoms with Crippen LogP contribution >= 0.6 is 0 Å². The summed E-state index contributed by atoms with van der Waals surface area (Å²) in [4.78, 5) is 0. The Morgan fingerprint density at radius 3 is 1.83 bits per heavy atom. The Morgan fingerprint density at radius 1 is 1.00 bits per heavy atom. The Balaban J connectivity index is -0.000000270. The fourth-order valence-corrected chi connectivity index (χ4v) is 0.726. The second-order valence-corrected chi connectivity index (χ2v) is 2.27. The zero-order valence-electron chi connectivity index (χ0n) is 7.14. The third-order valence-corrected chi connectivity index (χ3v) is 1.49. The van der Waals surface area contributed by atoms with Crippen LogP contribution in [0.5, 0.6) is 5.75 Å². The second-order valence-electron chi connectivity index (χ2n) is 2.27. The molecule has 0 amide bonds. The molecule has 0 saturated carbocycles. The smallest absolute Gasteiger partial charge is 1.00 e. The van der Waals surface area contributed by atoms with Crippen molar-refractivity contribution in [2.45, 2.75) is 13.8 Å². The number of benzene rings is 1. The molecule has 0 aliphatic heterocycles. The van der Waals surface area contributed by atoms with Crippen LogP contribution in [0.3, 0.4) is 0 Å². The van der Waals surface area contributed by atoms with Crippen molar-refractivity contribution < 1.29 is 39.1 Å². The summed E-state index contributed by atoms with van der Waals surface area (Å²) in [7, 11) is 0. The zero-order chi connectivity index (χ0) is 6.85. The van der Waals surface area contributed by atoms with Crippen molar-refractivity contribution in [3.05, 3.63) is 29.3 Å². The number of phenols is 1. The van der Waals surface area contributed by atoms with Gasteiger partial charge in [-0.25, -0.2) is 0 Å². The van der Waals surface area contributed by atoms with Crippen LogP contribution in [0.2, 0.25) is 0 Å². The number of hydrogen-bond acceptors (Lipinski definition) is 1. The second kappa shape index (κ2) is 8.82. The van der Waals surface area contributed by atoms with Gasteiger partial charge in [0, 0.05) is 0 Å². The van der Waals surface area contributed by atoms with Crippen molar-refractivity contribution in [3.8, 4) is 5.75 Å². The number of phenolic OH excluding ortho intramolecular Hbond substituents is 1. The molecule has 1 aromatic carbocycles. The molecular formula is C8H10Br2CaO. The first-order valence-corrected chi connectivity index (χ1v) is 2.96. The molecule has 0 aliphatic rings. The Bertz CT molecular complexity index is 228. The molecule has 1 rings (SSSR count). The van der Waals surface area contributed by atoms with Crippen LogP contribution in [0, 0.1) is 13.8 Å². The Labute approximate surface area is 124 Å². The van der Waals surface area contributed by atoms with Crippen LogP contribution in [0.4, 0.5) is 0 Å².